The molecule has 1 fully saturated rings. The van der Waals surface area contributed by atoms with E-state index in [0.29, 0.717) is 11.7 Å². The maximum Gasteiger partial charge on any atom is 0.238 e. The predicted molar refractivity (Wildman–Crippen MR) is 109 cm³/mol. The fourth-order valence-electron chi connectivity index (χ4n) is 3.28. The van der Waals surface area contributed by atoms with Crippen LogP contribution in [0.25, 0.3) is 10.9 Å². The number of nitrogens with zero attached hydrogens (tertiary/aromatic N) is 4. The lowest BCUT2D eigenvalue weighted by Crippen LogP contribution is -2.48. The van der Waals surface area contributed by atoms with E-state index in [1.807, 2.05) is 36.5 Å². The van der Waals surface area contributed by atoms with Gasteiger partial charge in [-0.2, -0.15) is 0 Å². The molecule has 1 aromatic carbocycles. The summed E-state index contributed by atoms with van der Waals surface area (Å²) in [5.74, 6) is 0.0157. The van der Waals surface area contributed by atoms with Crippen LogP contribution >= 0.6 is 11.3 Å². The fraction of sp³-hybridized carbons (Fsp3) is 0.316. The van der Waals surface area contributed by atoms with Crippen LogP contribution in [0.15, 0.2) is 42.7 Å². The quantitative estimate of drug-likeness (QED) is 0.702. The number of nitrogen functional groups attached to an aromatic ring is 1. The lowest BCUT2D eigenvalue weighted by molar-refractivity contribution is -0.117. The van der Waals surface area contributed by atoms with Crippen molar-refractivity contribution in [2.75, 3.05) is 43.8 Å². The Hall–Kier alpha value is -2.55. The first-order valence-electron chi connectivity index (χ1n) is 8.95. The van der Waals surface area contributed by atoms with Crippen molar-refractivity contribution >= 4 is 39.0 Å². The van der Waals surface area contributed by atoms with Crippen LogP contribution in [-0.2, 0) is 11.3 Å². The number of thiazole rings is 1. The SMILES string of the molecule is Nc1ncc(CN2CCN(CC(=O)Nc3ccc4ncccc4c3)CC2)s1. The highest BCUT2D eigenvalue weighted by Crippen LogP contribution is 2.18. The van der Waals surface area contributed by atoms with E-state index < -0.39 is 0 Å². The Kier molecular flexibility index (Phi) is 5.28. The predicted octanol–water partition coefficient (Wildman–Crippen LogP) is 2.03. The molecule has 1 aliphatic rings. The van der Waals surface area contributed by atoms with Crippen LogP contribution < -0.4 is 11.1 Å². The molecule has 0 aliphatic carbocycles. The summed E-state index contributed by atoms with van der Waals surface area (Å²) in [5, 5.41) is 4.63. The number of nitrogens with one attached hydrogen (secondary N) is 1. The Morgan fingerprint density at radius 1 is 1.15 bits per heavy atom. The monoisotopic (exact) mass is 382 g/mol. The first kappa shape index (κ1) is 17.8. The maximum absolute atomic E-state index is 12.4. The van der Waals surface area contributed by atoms with E-state index >= 15 is 0 Å². The summed E-state index contributed by atoms with van der Waals surface area (Å²) in [5.41, 5.74) is 7.42. The minimum Gasteiger partial charge on any atom is -0.375 e. The molecule has 27 heavy (non-hydrogen) atoms. The number of fused-ring (bicyclic) bond motifs is 1. The molecular weight excluding hydrogens is 360 g/mol. The third-order valence-electron chi connectivity index (χ3n) is 4.67. The average Bonchev–Trinajstić information content (AvgIpc) is 3.08. The topological polar surface area (TPSA) is 87.4 Å². The molecule has 1 aliphatic heterocycles. The molecular formula is C19H22N6OS. The van der Waals surface area contributed by atoms with E-state index in [1.165, 1.54) is 16.2 Å². The van der Waals surface area contributed by atoms with Gasteiger partial charge in [-0.1, -0.05) is 6.07 Å². The van der Waals surface area contributed by atoms with E-state index in [0.717, 1.165) is 49.3 Å². The standard InChI is InChI=1S/C19H22N6OS/c20-19-22-11-16(27-19)12-24-6-8-25(9-7-24)13-18(26)23-15-3-4-17-14(10-15)2-1-5-21-17/h1-5,10-11H,6-9,12-13H2,(H2,20,22)(H,23,26). The Balaban J connectivity index is 1.26. The molecule has 3 N–H and O–H groups in total. The lowest BCUT2D eigenvalue weighted by atomic mass is 10.2. The number of anilines is 2. The molecule has 7 nitrogen and oxygen atoms in total. The maximum atomic E-state index is 12.4. The zero-order valence-electron chi connectivity index (χ0n) is 15.0. The highest BCUT2D eigenvalue weighted by molar-refractivity contribution is 7.15. The average molecular weight is 382 g/mol. The number of carbonyl (C=O) groups excluding carboxylic acids is 1. The molecule has 140 valence electrons. The second-order valence-electron chi connectivity index (χ2n) is 6.68. The summed E-state index contributed by atoms with van der Waals surface area (Å²) in [7, 11) is 0. The molecule has 0 bridgehead atoms. The summed E-state index contributed by atoms with van der Waals surface area (Å²) in [4.78, 5) is 26.5. The third-order valence-corrected chi connectivity index (χ3v) is 5.48. The smallest absolute Gasteiger partial charge is 0.238 e. The molecule has 1 amide bonds. The van der Waals surface area contributed by atoms with Gasteiger partial charge in [0.2, 0.25) is 5.91 Å². The van der Waals surface area contributed by atoms with Crippen molar-refractivity contribution in [3.63, 3.8) is 0 Å². The summed E-state index contributed by atoms with van der Waals surface area (Å²) < 4.78 is 0. The van der Waals surface area contributed by atoms with E-state index in [-0.39, 0.29) is 5.91 Å². The van der Waals surface area contributed by atoms with Gasteiger partial charge >= 0.3 is 0 Å². The minimum atomic E-state index is 0.0157. The van der Waals surface area contributed by atoms with Gasteiger partial charge in [-0.05, 0) is 24.3 Å². The van der Waals surface area contributed by atoms with Crippen LogP contribution in [0, 0.1) is 0 Å². The van der Waals surface area contributed by atoms with Crippen molar-refractivity contribution in [3.05, 3.63) is 47.6 Å². The highest BCUT2D eigenvalue weighted by atomic mass is 32.1. The van der Waals surface area contributed by atoms with Crippen molar-refractivity contribution in [2.45, 2.75) is 6.54 Å². The molecule has 0 radical (unpaired) electrons. The van der Waals surface area contributed by atoms with Gasteiger partial charge in [-0.3, -0.25) is 19.6 Å². The van der Waals surface area contributed by atoms with Gasteiger partial charge in [0.1, 0.15) is 0 Å². The number of amides is 1. The van der Waals surface area contributed by atoms with Crippen molar-refractivity contribution < 1.29 is 4.79 Å². The van der Waals surface area contributed by atoms with Gasteiger partial charge in [-0.25, -0.2) is 4.98 Å². The molecule has 8 heteroatoms. The Labute approximate surface area is 161 Å². The largest absolute Gasteiger partial charge is 0.375 e. The summed E-state index contributed by atoms with van der Waals surface area (Å²) in [6.07, 6.45) is 3.61. The fourth-order valence-corrected chi connectivity index (χ4v) is 4.01. The molecule has 3 aromatic rings. The Morgan fingerprint density at radius 3 is 2.74 bits per heavy atom. The minimum absolute atomic E-state index is 0.0157. The van der Waals surface area contributed by atoms with Gasteiger partial charge in [0.05, 0.1) is 12.1 Å². The molecule has 4 rings (SSSR count). The van der Waals surface area contributed by atoms with Gasteiger partial charge < -0.3 is 11.1 Å². The number of benzene rings is 1. The van der Waals surface area contributed by atoms with Crippen molar-refractivity contribution in [2.24, 2.45) is 0 Å². The van der Waals surface area contributed by atoms with Crippen LogP contribution in [0.4, 0.5) is 10.8 Å². The Morgan fingerprint density at radius 2 is 1.96 bits per heavy atom. The van der Waals surface area contributed by atoms with Gasteiger partial charge in [0.15, 0.2) is 5.13 Å². The number of aromatic nitrogens is 2. The molecule has 0 atom stereocenters. The van der Waals surface area contributed by atoms with Crippen molar-refractivity contribution in [1.82, 2.24) is 19.8 Å². The molecule has 2 aromatic heterocycles. The number of carbonyl (C=O) groups is 1. The normalized spacial score (nSPS) is 15.9. The van der Waals surface area contributed by atoms with Crippen LogP contribution in [0.3, 0.4) is 0 Å². The number of nitrogens with two attached hydrogens (primary N) is 1. The molecule has 0 unspecified atom stereocenters. The van der Waals surface area contributed by atoms with Gasteiger partial charge in [0, 0.05) is 61.1 Å². The second kappa shape index (κ2) is 7.99. The van der Waals surface area contributed by atoms with Gasteiger partial charge in [0.25, 0.3) is 0 Å². The van der Waals surface area contributed by atoms with Crippen LogP contribution in [0.1, 0.15) is 4.88 Å². The van der Waals surface area contributed by atoms with E-state index in [1.54, 1.807) is 6.20 Å². The van der Waals surface area contributed by atoms with Gasteiger partial charge in [-0.15, -0.1) is 11.3 Å². The van der Waals surface area contributed by atoms with Crippen LogP contribution in [0.5, 0.6) is 0 Å². The number of rotatable bonds is 5. The number of piperazine rings is 1. The zero-order valence-corrected chi connectivity index (χ0v) is 15.8. The molecule has 3 heterocycles. The highest BCUT2D eigenvalue weighted by Gasteiger charge is 2.19. The van der Waals surface area contributed by atoms with Crippen LogP contribution in [-0.4, -0.2) is 58.4 Å². The summed E-state index contributed by atoms with van der Waals surface area (Å²) in [6.45, 7) is 4.92. The number of pyridine rings is 1. The van der Waals surface area contributed by atoms with Crippen molar-refractivity contribution in [1.29, 1.82) is 0 Å². The lowest BCUT2D eigenvalue weighted by Gasteiger charge is -2.33. The molecule has 1 saturated heterocycles. The van der Waals surface area contributed by atoms with E-state index in [4.69, 9.17) is 5.73 Å². The van der Waals surface area contributed by atoms with Crippen LogP contribution in [0.2, 0.25) is 0 Å². The second-order valence-corrected chi connectivity index (χ2v) is 7.82. The van der Waals surface area contributed by atoms with E-state index in [9.17, 15) is 4.79 Å². The Bertz CT molecular complexity index is 935. The summed E-state index contributed by atoms with van der Waals surface area (Å²) >= 11 is 1.54. The first-order valence-corrected chi connectivity index (χ1v) is 9.77. The zero-order chi connectivity index (χ0) is 18.6. The molecule has 0 spiro atoms. The summed E-state index contributed by atoms with van der Waals surface area (Å²) in [6, 6.07) is 9.67. The number of hydrogen-bond donors (Lipinski definition) is 2. The number of hydrogen-bond acceptors (Lipinski definition) is 7. The van der Waals surface area contributed by atoms with Crippen molar-refractivity contribution in [3.8, 4) is 0 Å². The molecule has 0 saturated carbocycles. The first-order chi connectivity index (χ1) is 13.2. The van der Waals surface area contributed by atoms with E-state index in [2.05, 4.69) is 25.1 Å². The third kappa shape index (κ3) is 4.60.